The third-order valence-electron chi connectivity index (χ3n) is 3.92. The van der Waals surface area contributed by atoms with Crippen LogP contribution in [0.2, 0.25) is 0 Å². The quantitative estimate of drug-likeness (QED) is 0.881. The molecule has 1 aromatic carbocycles. The molecule has 1 aliphatic heterocycles. The van der Waals surface area contributed by atoms with Crippen molar-refractivity contribution in [1.29, 1.82) is 0 Å². The summed E-state index contributed by atoms with van der Waals surface area (Å²) in [7, 11) is 0. The SMILES string of the molecule is Cc1ccc(-c2n[nH]c(C3CCCN3)c2Br)cc1C. The molecule has 1 aromatic heterocycles. The van der Waals surface area contributed by atoms with Gasteiger partial charge in [-0.15, -0.1) is 0 Å². The van der Waals surface area contributed by atoms with E-state index in [2.05, 4.69) is 63.5 Å². The number of benzene rings is 1. The van der Waals surface area contributed by atoms with Gasteiger partial charge in [0.25, 0.3) is 0 Å². The molecule has 4 heteroatoms. The molecule has 0 amide bonds. The van der Waals surface area contributed by atoms with Crippen LogP contribution in [0, 0.1) is 13.8 Å². The second kappa shape index (κ2) is 5.10. The molecule has 2 heterocycles. The van der Waals surface area contributed by atoms with Gasteiger partial charge in [-0.25, -0.2) is 0 Å². The van der Waals surface area contributed by atoms with Crippen LogP contribution < -0.4 is 5.32 Å². The Labute approximate surface area is 121 Å². The van der Waals surface area contributed by atoms with Crippen molar-refractivity contribution >= 4 is 15.9 Å². The van der Waals surface area contributed by atoms with Crippen molar-refractivity contribution in [2.24, 2.45) is 0 Å². The molecular formula is C15H18BrN3. The molecule has 19 heavy (non-hydrogen) atoms. The fourth-order valence-electron chi connectivity index (χ4n) is 2.58. The summed E-state index contributed by atoms with van der Waals surface area (Å²) in [6.45, 7) is 5.36. The van der Waals surface area contributed by atoms with E-state index in [1.807, 2.05) is 0 Å². The van der Waals surface area contributed by atoms with E-state index in [1.165, 1.54) is 29.7 Å². The van der Waals surface area contributed by atoms with Crippen molar-refractivity contribution < 1.29 is 0 Å². The molecule has 0 radical (unpaired) electrons. The van der Waals surface area contributed by atoms with Crippen LogP contribution in [0.5, 0.6) is 0 Å². The molecule has 1 aliphatic rings. The maximum Gasteiger partial charge on any atom is 0.107 e. The lowest BCUT2D eigenvalue weighted by molar-refractivity contribution is 0.623. The predicted octanol–water partition coefficient (Wildman–Crippen LogP) is 3.88. The number of aromatic nitrogens is 2. The molecule has 3 nitrogen and oxygen atoms in total. The molecule has 0 spiro atoms. The minimum atomic E-state index is 0.405. The summed E-state index contributed by atoms with van der Waals surface area (Å²) in [4.78, 5) is 0. The first kappa shape index (κ1) is 12.9. The van der Waals surface area contributed by atoms with Gasteiger partial charge in [-0.05, 0) is 66.4 Å². The summed E-state index contributed by atoms with van der Waals surface area (Å²) in [5.74, 6) is 0. The molecule has 2 N–H and O–H groups in total. The summed E-state index contributed by atoms with van der Waals surface area (Å²) in [6, 6.07) is 6.89. The first-order valence-corrected chi connectivity index (χ1v) is 7.51. The smallest absolute Gasteiger partial charge is 0.107 e. The van der Waals surface area contributed by atoms with Gasteiger partial charge in [-0.2, -0.15) is 5.10 Å². The fourth-order valence-corrected chi connectivity index (χ4v) is 3.27. The van der Waals surface area contributed by atoms with Crippen molar-refractivity contribution in [3.63, 3.8) is 0 Å². The van der Waals surface area contributed by atoms with Crippen LogP contribution in [-0.4, -0.2) is 16.7 Å². The van der Waals surface area contributed by atoms with E-state index in [9.17, 15) is 0 Å². The highest BCUT2D eigenvalue weighted by atomic mass is 79.9. The zero-order valence-corrected chi connectivity index (χ0v) is 12.8. The highest BCUT2D eigenvalue weighted by Crippen LogP contribution is 2.35. The van der Waals surface area contributed by atoms with Crippen molar-refractivity contribution in [3.05, 3.63) is 39.5 Å². The van der Waals surface area contributed by atoms with E-state index >= 15 is 0 Å². The Bertz CT molecular complexity index is 597. The van der Waals surface area contributed by atoms with Gasteiger partial charge in [0.1, 0.15) is 5.69 Å². The molecule has 100 valence electrons. The standard InChI is InChI=1S/C15H18BrN3/c1-9-5-6-11(8-10(9)2)14-13(16)15(19-18-14)12-4-3-7-17-12/h5-6,8,12,17H,3-4,7H2,1-2H3,(H,18,19). The van der Waals surface area contributed by atoms with Gasteiger partial charge in [-0.3, -0.25) is 5.10 Å². The molecule has 1 unspecified atom stereocenters. The Hall–Kier alpha value is -1.13. The normalized spacial score (nSPS) is 19.0. The van der Waals surface area contributed by atoms with Gasteiger partial charge in [0, 0.05) is 5.56 Å². The molecule has 0 bridgehead atoms. The molecular weight excluding hydrogens is 302 g/mol. The van der Waals surface area contributed by atoms with E-state index in [0.717, 1.165) is 22.3 Å². The molecule has 1 saturated heterocycles. The van der Waals surface area contributed by atoms with Crippen molar-refractivity contribution in [3.8, 4) is 11.3 Å². The van der Waals surface area contributed by atoms with E-state index in [1.54, 1.807) is 0 Å². The number of hydrogen-bond acceptors (Lipinski definition) is 2. The Morgan fingerprint density at radius 2 is 2.11 bits per heavy atom. The number of aromatic amines is 1. The molecule has 0 aliphatic carbocycles. The Morgan fingerprint density at radius 3 is 2.79 bits per heavy atom. The van der Waals surface area contributed by atoms with Crippen LogP contribution >= 0.6 is 15.9 Å². The lowest BCUT2D eigenvalue weighted by Crippen LogP contribution is -2.13. The average molecular weight is 320 g/mol. The van der Waals surface area contributed by atoms with Gasteiger partial charge in [0.15, 0.2) is 0 Å². The molecule has 0 saturated carbocycles. The first-order valence-electron chi connectivity index (χ1n) is 6.71. The number of nitrogens with zero attached hydrogens (tertiary/aromatic N) is 1. The zero-order chi connectivity index (χ0) is 13.4. The Balaban J connectivity index is 1.99. The maximum atomic E-state index is 4.49. The number of halogens is 1. The van der Waals surface area contributed by atoms with Crippen molar-refractivity contribution in [2.45, 2.75) is 32.7 Å². The lowest BCUT2D eigenvalue weighted by Gasteiger charge is -2.08. The molecule has 2 aromatic rings. The van der Waals surface area contributed by atoms with Crippen LogP contribution in [0.4, 0.5) is 0 Å². The van der Waals surface area contributed by atoms with Gasteiger partial charge in [0.05, 0.1) is 16.2 Å². The number of H-pyrrole nitrogens is 1. The van der Waals surface area contributed by atoms with Crippen molar-refractivity contribution in [2.75, 3.05) is 6.54 Å². The fraction of sp³-hybridized carbons (Fsp3) is 0.400. The Kier molecular flexibility index (Phi) is 3.46. The van der Waals surface area contributed by atoms with Gasteiger partial charge in [0.2, 0.25) is 0 Å². The summed E-state index contributed by atoms with van der Waals surface area (Å²) in [6.07, 6.45) is 2.41. The first-order chi connectivity index (χ1) is 9.16. The van der Waals surface area contributed by atoms with Gasteiger partial charge < -0.3 is 5.32 Å². The van der Waals surface area contributed by atoms with Crippen LogP contribution in [0.15, 0.2) is 22.7 Å². The highest BCUT2D eigenvalue weighted by molar-refractivity contribution is 9.10. The monoisotopic (exact) mass is 319 g/mol. The van der Waals surface area contributed by atoms with Crippen LogP contribution in [0.3, 0.4) is 0 Å². The number of rotatable bonds is 2. The van der Waals surface area contributed by atoms with Crippen LogP contribution in [0.1, 0.15) is 35.7 Å². The third kappa shape index (κ3) is 2.35. The minimum Gasteiger partial charge on any atom is -0.309 e. The van der Waals surface area contributed by atoms with Crippen molar-refractivity contribution in [1.82, 2.24) is 15.5 Å². The molecule has 1 fully saturated rings. The summed E-state index contributed by atoms with van der Waals surface area (Å²) >= 11 is 3.71. The molecule has 1 atom stereocenters. The lowest BCUT2D eigenvalue weighted by atomic mass is 10.0. The average Bonchev–Trinajstić information content (AvgIpc) is 3.02. The third-order valence-corrected chi connectivity index (χ3v) is 4.72. The van der Waals surface area contributed by atoms with Gasteiger partial charge >= 0.3 is 0 Å². The number of hydrogen-bond donors (Lipinski definition) is 2. The van der Waals surface area contributed by atoms with Crippen LogP contribution in [0.25, 0.3) is 11.3 Å². The van der Waals surface area contributed by atoms with E-state index in [4.69, 9.17) is 0 Å². The maximum absolute atomic E-state index is 4.49. The summed E-state index contributed by atoms with van der Waals surface area (Å²) in [5, 5.41) is 11.2. The largest absolute Gasteiger partial charge is 0.309 e. The zero-order valence-electron chi connectivity index (χ0n) is 11.3. The van der Waals surface area contributed by atoms with E-state index in [0.29, 0.717) is 6.04 Å². The Morgan fingerprint density at radius 1 is 1.26 bits per heavy atom. The predicted molar refractivity (Wildman–Crippen MR) is 81.2 cm³/mol. The van der Waals surface area contributed by atoms with Crippen LogP contribution in [-0.2, 0) is 0 Å². The highest BCUT2D eigenvalue weighted by Gasteiger charge is 2.23. The second-order valence-electron chi connectivity index (χ2n) is 5.25. The second-order valence-corrected chi connectivity index (χ2v) is 6.04. The minimum absolute atomic E-state index is 0.405. The summed E-state index contributed by atoms with van der Waals surface area (Å²) < 4.78 is 1.09. The number of nitrogens with one attached hydrogen (secondary N) is 2. The van der Waals surface area contributed by atoms with E-state index in [-0.39, 0.29) is 0 Å². The molecule has 3 rings (SSSR count). The number of aryl methyl sites for hydroxylation is 2. The van der Waals surface area contributed by atoms with E-state index < -0.39 is 0 Å². The summed E-state index contributed by atoms with van der Waals surface area (Å²) in [5.41, 5.74) is 5.95. The van der Waals surface area contributed by atoms with Gasteiger partial charge in [-0.1, -0.05) is 12.1 Å². The topological polar surface area (TPSA) is 40.7 Å².